The van der Waals surface area contributed by atoms with Crippen LogP contribution in [0.4, 0.5) is 0 Å². The van der Waals surface area contributed by atoms with E-state index in [9.17, 15) is 0 Å². The fourth-order valence-corrected chi connectivity index (χ4v) is 4.52. The van der Waals surface area contributed by atoms with Crippen molar-refractivity contribution in [2.45, 2.75) is 38.5 Å². The maximum absolute atomic E-state index is 5.83. The van der Waals surface area contributed by atoms with Gasteiger partial charge in [0.05, 0.1) is 0 Å². The summed E-state index contributed by atoms with van der Waals surface area (Å²) in [6.07, 6.45) is 7.18. The molecule has 1 saturated heterocycles. The minimum atomic E-state index is 0.130. The normalized spacial score (nSPS) is 21.0. The average Bonchev–Trinajstić information content (AvgIpc) is 3.43. The maximum atomic E-state index is 5.83. The lowest BCUT2D eigenvalue weighted by atomic mass is 10.2. The van der Waals surface area contributed by atoms with E-state index in [1.807, 2.05) is 11.6 Å². The molecular weight excluding hydrogens is 348 g/mol. The lowest BCUT2D eigenvalue weighted by Gasteiger charge is -2.20. The van der Waals surface area contributed by atoms with E-state index in [0.29, 0.717) is 0 Å². The van der Waals surface area contributed by atoms with Crippen molar-refractivity contribution in [2.75, 3.05) is 19.7 Å². The van der Waals surface area contributed by atoms with E-state index < -0.39 is 0 Å². The van der Waals surface area contributed by atoms with Crippen LogP contribution in [0.15, 0.2) is 29.9 Å². The molecule has 0 bridgehead atoms. The lowest BCUT2D eigenvalue weighted by molar-refractivity contribution is 0.101. The largest absolute Gasteiger partial charge is 0.370 e. The summed E-state index contributed by atoms with van der Waals surface area (Å²) in [5.41, 5.74) is 1.27. The summed E-state index contributed by atoms with van der Waals surface area (Å²) in [4.78, 5) is 6.93. The van der Waals surface area contributed by atoms with Crippen molar-refractivity contribution in [2.24, 2.45) is 0 Å². The molecular formula is C18H22N6OS. The van der Waals surface area contributed by atoms with Crippen LogP contribution >= 0.6 is 11.3 Å². The first-order valence-electron chi connectivity index (χ1n) is 9.20. The highest BCUT2D eigenvalue weighted by atomic mass is 32.1. The molecule has 0 radical (unpaired) electrons. The minimum absolute atomic E-state index is 0.130. The SMILES string of the molecule is c1cc(CN2CCc3nnc([C@@H]4CCCO4)n3CC2)n(-c2nccs2)c1. The van der Waals surface area contributed by atoms with E-state index in [1.165, 1.54) is 5.69 Å². The highest BCUT2D eigenvalue weighted by Gasteiger charge is 2.27. The van der Waals surface area contributed by atoms with Gasteiger partial charge in [0.25, 0.3) is 0 Å². The fourth-order valence-electron chi connectivity index (χ4n) is 3.86. The van der Waals surface area contributed by atoms with Crippen LogP contribution in [0.2, 0.25) is 0 Å². The van der Waals surface area contributed by atoms with E-state index >= 15 is 0 Å². The van der Waals surface area contributed by atoms with Crippen LogP contribution in [0, 0.1) is 0 Å². The van der Waals surface area contributed by atoms with Gasteiger partial charge in [-0.25, -0.2) is 4.98 Å². The molecule has 5 heterocycles. The molecule has 1 fully saturated rings. The molecule has 0 unspecified atom stereocenters. The Labute approximate surface area is 156 Å². The van der Waals surface area contributed by atoms with E-state index in [1.54, 1.807) is 11.3 Å². The van der Waals surface area contributed by atoms with Crippen LogP contribution in [-0.2, 0) is 24.2 Å². The molecule has 1 atom stereocenters. The molecule has 0 aliphatic carbocycles. The van der Waals surface area contributed by atoms with Crippen molar-refractivity contribution < 1.29 is 4.74 Å². The third-order valence-corrected chi connectivity index (χ3v) is 5.98. The number of nitrogens with zero attached hydrogens (tertiary/aromatic N) is 6. The molecule has 0 aromatic carbocycles. The van der Waals surface area contributed by atoms with Gasteiger partial charge >= 0.3 is 0 Å². The monoisotopic (exact) mass is 370 g/mol. The summed E-state index contributed by atoms with van der Waals surface area (Å²) in [5.74, 6) is 2.11. The summed E-state index contributed by atoms with van der Waals surface area (Å²) >= 11 is 1.67. The summed E-state index contributed by atoms with van der Waals surface area (Å²) < 4.78 is 10.3. The molecule has 0 saturated carbocycles. The molecule has 0 spiro atoms. The molecule has 136 valence electrons. The molecule has 2 aliphatic rings. The predicted octanol–water partition coefficient (Wildman–Crippen LogP) is 2.44. The molecule has 7 nitrogen and oxygen atoms in total. The Balaban J connectivity index is 1.31. The van der Waals surface area contributed by atoms with Gasteiger partial charge < -0.3 is 9.30 Å². The predicted molar refractivity (Wildman–Crippen MR) is 98.4 cm³/mol. The Kier molecular flexibility index (Phi) is 4.32. The second-order valence-electron chi connectivity index (χ2n) is 6.84. The zero-order valence-electron chi connectivity index (χ0n) is 14.6. The molecule has 3 aromatic heterocycles. The van der Waals surface area contributed by atoms with E-state index in [-0.39, 0.29) is 6.10 Å². The van der Waals surface area contributed by atoms with Crippen LogP contribution in [0.5, 0.6) is 0 Å². The van der Waals surface area contributed by atoms with Gasteiger partial charge in [0, 0.05) is 62.7 Å². The van der Waals surface area contributed by atoms with Crippen molar-refractivity contribution in [3.05, 3.63) is 47.2 Å². The Morgan fingerprint density at radius 2 is 2.23 bits per heavy atom. The molecule has 2 aliphatic heterocycles. The number of hydrogen-bond donors (Lipinski definition) is 0. The number of rotatable bonds is 4. The van der Waals surface area contributed by atoms with Crippen molar-refractivity contribution in [3.8, 4) is 5.13 Å². The average molecular weight is 370 g/mol. The molecule has 0 amide bonds. The van der Waals surface area contributed by atoms with Gasteiger partial charge in [0.15, 0.2) is 11.0 Å². The van der Waals surface area contributed by atoms with Crippen LogP contribution < -0.4 is 0 Å². The van der Waals surface area contributed by atoms with Gasteiger partial charge in [-0.2, -0.15) is 0 Å². The number of aromatic nitrogens is 5. The molecule has 3 aromatic rings. The van der Waals surface area contributed by atoms with Crippen LogP contribution in [-0.4, -0.2) is 48.9 Å². The van der Waals surface area contributed by atoms with Crippen LogP contribution in [0.3, 0.4) is 0 Å². The summed E-state index contributed by atoms with van der Waals surface area (Å²) in [5, 5.41) is 11.9. The van der Waals surface area contributed by atoms with Crippen molar-refractivity contribution in [3.63, 3.8) is 0 Å². The maximum Gasteiger partial charge on any atom is 0.193 e. The first kappa shape index (κ1) is 16.2. The van der Waals surface area contributed by atoms with Crippen LogP contribution in [0.25, 0.3) is 5.13 Å². The Morgan fingerprint density at radius 1 is 1.23 bits per heavy atom. The topological polar surface area (TPSA) is 61.0 Å². The third kappa shape index (κ3) is 2.98. The smallest absolute Gasteiger partial charge is 0.193 e. The second kappa shape index (κ2) is 6.94. The molecule has 5 rings (SSSR count). The summed E-state index contributed by atoms with van der Waals surface area (Å²) in [6.45, 7) is 4.67. The van der Waals surface area contributed by atoms with Gasteiger partial charge in [0.2, 0.25) is 0 Å². The summed E-state index contributed by atoms with van der Waals surface area (Å²) in [6, 6.07) is 4.28. The zero-order valence-corrected chi connectivity index (χ0v) is 15.4. The number of fused-ring (bicyclic) bond motifs is 1. The van der Waals surface area contributed by atoms with Gasteiger partial charge in [-0.05, 0) is 25.0 Å². The Bertz CT molecular complexity index is 864. The second-order valence-corrected chi connectivity index (χ2v) is 7.71. The van der Waals surface area contributed by atoms with Gasteiger partial charge in [-0.3, -0.25) is 9.47 Å². The Morgan fingerprint density at radius 3 is 3.08 bits per heavy atom. The van der Waals surface area contributed by atoms with Crippen molar-refractivity contribution in [1.29, 1.82) is 0 Å². The lowest BCUT2D eigenvalue weighted by Crippen LogP contribution is -2.27. The molecule has 0 N–H and O–H groups in total. The van der Waals surface area contributed by atoms with E-state index in [2.05, 4.69) is 47.5 Å². The standard InChI is InChI=1S/C18H22N6OS/c1-3-14(23(7-1)18-19-6-12-26-18)13-22-8-5-16-20-21-17(24(16)10-9-22)15-4-2-11-25-15/h1,3,6-7,12,15H,2,4-5,8-11,13H2/t15-/m0/s1. The van der Waals surface area contributed by atoms with Gasteiger partial charge in [-0.1, -0.05) is 0 Å². The first-order chi connectivity index (χ1) is 12.9. The van der Waals surface area contributed by atoms with Crippen LogP contribution in [0.1, 0.15) is 36.3 Å². The highest BCUT2D eigenvalue weighted by molar-refractivity contribution is 7.12. The number of thiazole rings is 1. The quantitative estimate of drug-likeness (QED) is 0.706. The van der Waals surface area contributed by atoms with Gasteiger partial charge in [-0.15, -0.1) is 21.5 Å². The highest BCUT2D eigenvalue weighted by Crippen LogP contribution is 2.28. The minimum Gasteiger partial charge on any atom is -0.370 e. The molecule has 26 heavy (non-hydrogen) atoms. The molecule has 8 heteroatoms. The number of hydrogen-bond acceptors (Lipinski definition) is 6. The first-order valence-corrected chi connectivity index (χ1v) is 10.1. The fraction of sp³-hybridized carbons (Fsp3) is 0.500. The zero-order chi connectivity index (χ0) is 17.3. The van der Waals surface area contributed by atoms with Crippen molar-refractivity contribution in [1.82, 2.24) is 29.2 Å². The Hall–Kier alpha value is -2.03. The van der Waals surface area contributed by atoms with Gasteiger partial charge in [0.1, 0.15) is 11.9 Å². The van der Waals surface area contributed by atoms with E-state index in [0.717, 1.165) is 68.8 Å². The van der Waals surface area contributed by atoms with Crippen molar-refractivity contribution >= 4 is 11.3 Å². The summed E-state index contributed by atoms with van der Waals surface area (Å²) in [7, 11) is 0. The van der Waals surface area contributed by atoms with E-state index in [4.69, 9.17) is 4.74 Å². The number of ether oxygens (including phenoxy) is 1. The third-order valence-electron chi connectivity index (χ3n) is 5.21.